The van der Waals surface area contributed by atoms with Crippen LogP contribution in [0.4, 0.5) is 0 Å². The van der Waals surface area contributed by atoms with Crippen molar-refractivity contribution < 1.29 is 9.90 Å². The van der Waals surface area contributed by atoms with Crippen molar-refractivity contribution in [3.8, 4) is 0 Å². The lowest BCUT2D eigenvalue weighted by atomic mass is 9.79. The van der Waals surface area contributed by atoms with Crippen LogP contribution in [-0.4, -0.2) is 17.0 Å². The van der Waals surface area contributed by atoms with Crippen LogP contribution in [0.25, 0.3) is 0 Å². The number of ketones is 1. The molecule has 7 unspecified atom stereocenters. The molecule has 7 atom stereocenters. The van der Waals surface area contributed by atoms with E-state index in [0.29, 0.717) is 23.7 Å². The first-order valence-electron chi connectivity index (χ1n) is 7.31. The minimum Gasteiger partial charge on any atom is -0.385 e. The van der Waals surface area contributed by atoms with Crippen LogP contribution in [0.1, 0.15) is 25.7 Å². The maximum Gasteiger partial charge on any atom is 0.165 e. The van der Waals surface area contributed by atoms with Crippen LogP contribution in [0.2, 0.25) is 0 Å². The zero-order valence-corrected chi connectivity index (χ0v) is 10.5. The number of Topliss-reactive ketones (excluding diaryl/α,β-unsaturated/α-hetero) is 1. The van der Waals surface area contributed by atoms with E-state index in [1.165, 1.54) is 0 Å². The van der Waals surface area contributed by atoms with Gasteiger partial charge in [-0.2, -0.15) is 0 Å². The zero-order valence-electron chi connectivity index (χ0n) is 10.5. The van der Waals surface area contributed by atoms with Crippen LogP contribution in [0.3, 0.4) is 0 Å². The van der Waals surface area contributed by atoms with Gasteiger partial charge in [0.25, 0.3) is 0 Å². The van der Waals surface area contributed by atoms with Crippen molar-refractivity contribution in [2.45, 2.75) is 31.8 Å². The predicted octanol–water partition coefficient (Wildman–Crippen LogP) is 2.34. The molecule has 2 fully saturated rings. The van der Waals surface area contributed by atoms with Gasteiger partial charge >= 0.3 is 0 Å². The van der Waals surface area contributed by atoms with Crippen LogP contribution >= 0.6 is 0 Å². The standard InChI is InChI=1S/C16H20O2/c17-15(13-7-9-1-3-11(13)5-9)16(18)14-8-10-2-4-12(14)6-10/h1-4,9-15,17H,5-8H2. The SMILES string of the molecule is O=C(C(O)C1CC2C=CC1C2)C1CC2C=CC1C2. The van der Waals surface area contributed by atoms with Crippen LogP contribution < -0.4 is 0 Å². The lowest BCUT2D eigenvalue weighted by Crippen LogP contribution is -2.37. The number of hydrogen-bond donors (Lipinski definition) is 1. The lowest BCUT2D eigenvalue weighted by molar-refractivity contribution is -0.135. The molecule has 0 spiro atoms. The van der Waals surface area contributed by atoms with Gasteiger partial charge in [0.2, 0.25) is 0 Å². The van der Waals surface area contributed by atoms with E-state index < -0.39 is 6.10 Å². The summed E-state index contributed by atoms with van der Waals surface area (Å²) in [6.07, 6.45) is 12.5. The molecule has 2 saturated carbocycles. The lowest BCUT2D eigenvalue weighted by Gasteiger charge is -2.27. The molecule has 0 saturated heterocycles. The van der Waals surface area contributed by atoms with Gasteiger partial charge in [-0.3, -0.25) is 4.79 Å². The first-order valence-corrected chi connectivity index (χ1v) is 7.31. The average Bonchev–Trinajstić information content (AvgIpc) is 3.14. The molecule has 0 radical (unpaired) electrons. The molecular formula is C16H20O2. The van der Waals surface area contributed by atoms with E-state index in [2.05, 4.69) is 24.3 Å². The van der Waals surface area contributed by atoms with Crippen LogP contribution in [-0.2, 0) is 4.79 Å². The van der Waals surface area contributed by atoms with Crippen molar-refractivity contribution in [3.05, 3.63) is 24.3 Å². The smallest absolute Gasteiger partial charge is 0.165 e. The third-order valence-corrected chi connectivity index (χ3v) is 5.67. The third kappa shape index (κ3) is 1.48. The number of rotatable bonds is 3. The second-order valence-corrected chi connectivity index (χ2v) is 6.68. The quantitative estimate of drug-likeness (QED) is 0.774. The summed E-state index contributed by atoms with van der Waals surface area (Å²) in [5.41, 5.74) is 0. The fourth-order valence-electron chi connectivity index (χ4n) is 4.72. The summed E-state index contributed by atoms with van der Waals surface area (Å²) in [5.74, 6) is 2.57. The normalized spacial score (nSPS) is 49.2. The van der Waals surface area contributed by atoms with Gasteiger partial charge in [0.15, 0.2) is 5.78 Å². The fraction of sp³-hybridized carbons (Fsp3) is 0.688. The van der Waals surface area contributed by atoms with Gasteiger partial charge in [-0.05, 0) is 55.3 Å². The summed E-state index contributed by atoms with van der Waals surface area (Å²) in [6, 6.07) is 0. The Morgan fingerprint density at radius 3 is 2.11 bits per heavy atom. The summed E-state index contributed by atoms with van der Waals surface area (Å²) in [4.78, 5) is 12.5. The molecule has 4 aliphatic carbocycles. The Balaban J connectivity index is 1.48. The van der Waals surface area contributed by atoms with Gasteiger partial charge in [0.05, 0.1) is 0 Å². The van der Waals surface area contributed by atoms with Gasteiger partial charge in [0, 0.05) is 5.92 Å². The van der Waals surface area contributed by atoms with Gasteiger partial charge in [-0.25, -0.2) is 0 Å². The molecule has 0 amide bonds. The molecule has 96 valence electrons. The predicted molar refractivity (Wildman–Crippen MR) is 68.7 cm³/mol. The number of carbonyl (C=O) groups is 1. The van der Waals surface area contributed by atoms with E-state index in [1.807, 2.05) is 0 Å². The van der Waals surface area contributed by atoms with E-state index in [9.17, 15) is 9.90 Å². The molecule has 0 aromatic carbocycles. The van der Waals surface area contributed by atoms with Gasteiger partial charge in [-0.1, -0.05) is 24.3 Å². The summed E-state index contributed by atoms with van der Waals surface area (Å²) < 4.78 is 0. The molecule has 0 aromatic heterocycles. The molecule has 18 heavy (non-hydrogen) atoms. The second kappa shape index (κ2) is 3.80. The second-order valence-electron chi connectivity index (χ2n) is 6.68. The van der Waals surface area contributed by atoms with Gasteiger partial charge in [-0.15, -0.1) is 0 Å². The van der Waals surface area contributed by atoms with Crippen molar-refractivity contribution in [3.63, 3.8) is 0 Å². The van der Waals surface area contributed by atoms with Crippen molar-refractivity contribution in [2.75, 3.05) is 0 Å². The maximum absolute atomic E-state index is 12.5. The van der Waals surface area contributed by atoms with E-state index in [4.69, 9.17) is 0 Å². The summed E-state index contributed by atoms with van der Waals surface area (Å²) in [6.45, 7) is 0. The highest BCUT2D eigenvalue weighted by atomic mass is 16.3. The van der Waals surface area contributed by atoms with Crippen molar-refractivity contribution in [1.82, 2.24) is 0 Å². The van der Waals surface area contributed by atoms with Crippen molar-refractivity contribution in [1.29, 1.82) is 0 Å². The Labute approximate surface area is 108 Å². The summed E-state index contributed by atoms with van der Waals surface area (Å²) in [7, 11) is 0. The molecule has 0 heterocycles. The molecule has 0 aliphatic heterocycles. The zero-order chi connectivity index (χ0) is 12.3. The molecular weight excluding hydrogens is 224 g/mol. The first kappa shape index (κ1) is 11.0. The Morgan fingerprint density at radius 1 is 0.944 bits per heavy atom. The van der Waals surface area contributed by atoms with E-state index >= 15 is 0 Å². The Morgan fingerprint density at radius 2 is 1.61 bits per heavy atom. The van der Waals surface area contributed by atoms with Gasteiger partial charge in [0.1, 0.15) is 6.10 Å². The van der Waals surface area contributed by atoms with E-state index in [0.717, 1.165) is 25.7 Å². The number of aliphatic hydroxyl groups is 1. The third-order valence-electron chi connectivity index (χ3n) is 5.67. The highest BCUT2D eigenvalue weighted by molar-refractivity contribution is 5.86. The number of allylic oxidation sites excluding steroid dienone is 4. The molecule has 1 N–H and O–H groups in total. The topological polar surface area (TPSA) is 37.3 Å². The summed E-state index contributed by atoms with van der Waals surface area (Å²) in [5, 5.41) is 10.4. The summed E-state index contributed by atoms with van der Waals surface area (Å²) >= 11 is 0. The number of fused-ring (bicyclic) bond motifs is 4. The average molecular weight is 244 g/mol. The highest BCUT2D eigenvalue weighted by Crippen LogP contribution is 2.48. The van der Waals surface area contributed by atoms with E-state index in [-0.39, 0.29) is 17.6 Å². The van der Waals surface area contributed by atoms with Crippen LogP contribution in [0, 0.1) is 35.5 Å². The Hall–Kier alpha value is -0.890. The maximum atomic E-state index is 12.5. The molecule has 0 aromatic rings. The molecule has 2 nitrogen and oxygen atoms in total. The monoisotopic (exact) mass is 244 g/mol. The minimum absolute atomic E-state index is 0.109. The Kier molecular flexibility index (Phi) is 2.32. The van der Waals surface area contributed by atoms with Crippen molar-refractivity contribution >= 4 is 5.78 Å². The first-order chi connectivity index (χ1) is 8.72. The number of carbonyl (C=O) groups excluding carboxylic acids is 1. The molecule has 2 heteroatoms. The van der Waals surface area contributed by atoms with Crippen LogP contribution in [0.15, 0.2) is 24.3 Å². The van der Waals surface area contributed by atoms with E-state index in [1.54, 1.807) is 0 Å². The largest absolute Gasteiger partial charge is 0.385 e. The molecule has 4 bridgehead atoms. The fourth-order valence-corrected chi connectivity index (χ4v) is 4.72. The van der Waals surface area contributed by atoms with Gasteiger partial charge < -0.3 is 5.11 Å². The molecule has 4 rings (SSSR count). The number of aliphatic hydroxyl groups excluding tert-OH is 1. The molecule has 4 aliphatic rings. The highest BCUT2D eigenvalue weighted by Gasteiger charge is 2.47. The Bertz CT molecular complexity index is 436. The number of hydrogen-bond acceptors (Lipinski definition) is 2. The minimum atomic E-state index is -0.706. The van der Waals surface area contributed by atoms with Crippen molar-refractivity contribution in [2.24, 2.45) is 35.5 Å². The van der Waals surface area contributed by atoms with Crippen LogP contribution in [0.5, 0.6) is 0 Å².